The summed E-state index contributed by atoms with van der Waals surface area (Å²) in [5, 5.41) is 7.41. The zero-order valence-electron chi connectivity index (χ0n) is 16.7. The van der Waals surface area contributed by atoms with E-state index < -0.39 is 0 Å². The lowest BCUT2D eigenvalue weighted by Gasteiger charge is -2.35. The lowest BCUT2D eigenvalue weighted by Crippen LogP contribution is -2.49. The number of carbonyl (C=O) groups is 1. The molecule has 1 aliphatic rings. The predicted molar refractivity (Wildman–Crippen MR) is 113 cm³/mol. The summed E-state index contributed by atoms with van der Waals surface area (Å²) in [6.07, 6.45) is 3.59. The number of nitrogens with zero attached hydrogens (tertiary/aromatic N) is 6. The van der Waals surface area contributed by atoms with E-state index in [1.54, 1.807) is 10.9 Å². The highest BCUT2D eigenvalue weighted by atomic mass is 16.2. The van der Waals surface area contributed by atoms with Crippen LogP contribution in [0.5, 0.6) is 0 Å². The molecule has 8 nitrogen and oxygen atoms in total. The van der Waals surface area contributed by atoms with Gasteiger partial charge in [0.2, 0.25) is 5.95 Å². The Morgan fingerprint density at radius 1 is 1.10 bits per heavy atom. The molecule has 2 aromatic heterocycles. The Hall–Kier alpha value is -3.42. The van der Waals surface area contributed by atoms with Gasteiger partial charge in [-0.2, -0.15) is 10.1 Å². The fourth-order valence-corrected chi connectivity index (χ4v) is 3.48. The van der Waals surface area contributed by atoms with Crippen LogP contribution in [0.1, 0.15) is 23.0 Å². The van der Waals surface area contributed by atoms with Crippen LogP contribution in [0.25, 0.3) is 5.69 Å². The van der Waals surface area contributed by atoms with Crippen molar-refractivity contribution in [2.45, 2.75) is 13.8 Å². The van der Waals surface area contributed by atoms with E-state index in [0.717, 1.165) is 36.8 Å². The molecule has 150 valence electrons. The lowest BCUT2D eigenvalue weighted by molar-refractivity contribution is 0.0746. The molecular formula is C21H25N7O. The van der Waals surface area contributed by atoms with Crippen LogP contribution in [0.15, 0.2) is 48.8 Å². The SMILES string of the molecule is CCNc1nc(C)cc(N2CCN(C(=O)c3cccc(-n4cccn4)c3)CC2)n1. The molecule has 29 heavy (non-hydrogen) atoms. The van der Waals surface area contributed by atoms with Crippen LogP contribution in [-0.2, 0) is 0 Å². The highest BCUT2D eigenvalue weighted by molar-refractivity contribution is 5.95. The van der Waals surface area contributed by atoms with Crippen LogP contribution in [0.4, 0.5) is 11.8 Å². The number of hydrogen-bond acceptors (Lipinski definition) is 6. The van der Waals surface area contributed by atoms with Crippen molar-refractivity contribution in [3.63, 3.8) is 0 Å². The van der Waals surface area contributed by atoms with Gasteiger partial charge in [-0.05, 0) is 38.1 Å². The number of benzene rings is 1. The predicted octanol–water partition coefficient (Wildman–Crippen LogP) is 2.36. The van der Waals surface area contributed by atoms with E-state index in [0.29, 0.717) is 24.6 Å². The van der Waals surface area contributed by atoms with E-state index in [1.165, 1.54) is 0 Å². The van der Waals surface area contributed by atoms with Gasteiger partial charge in [0.05, 0.1) is 5.69 Å². The van der Waals surface area contributed by atoms with Gasteiger partial charge in [0.25, 0.3) is 5.91 Å². The number of hydrogen-bond donors (Lipinski definition) is 1. The molecule has 4 rings (SSSR count). The minimum absolute atomic E-state index is 0.0471. The minimum Gasteiger partial charge on any atom is -0.354 e. The normalized spacial score (nSPS) is 14.1. The average molecular weight is 391 g/mol. The summed E-state index contributed by atoms with van der Waals surface area (Å²) in [4.78, 5) is 26.1. The second-order valence-electron chi connectivity index (χ2n) is 7.00. The third-order valence-electron chi connectivity index (χ3n) is 4.93. The van der Waals surface area contributed by atoms with Crippen molar-refractivity contribution in [3.05, 3.63) is 60.0 Å². The molecule has 3 heterocycles. The number of piperazine rings is 1. The van der Waals surface area contributed by atoms with E-state index in [9.17, 15) is 4.79 Å². The van der Waals surface area contributed by atoms with Gasteiger partial charge in [0.15, 0.2) is 0 Å². The molecule has 3 aromatic rings. The van der Waals surface area contributed by atoms with Crippen LogP contribution >= 0.6 is 0 Å². The molecule has 1 fully saturated rings. The fourth-order valence-electron chi connectivity index (χ4n) is 3.48. The van der Waals surface area contributed by atoms with Crippen molar-refractivity contribution in [2.24, 2.45) is 0 Å². The Morgan fingerprint density at radius 3 is 2.66 bits per heavy atom. The molecule has 0 unspecified atom stereocenters. The maximum absolute atomic E-state index is 13.0. The van der Waals surface area contributed by atoms with Crippen molar-refractivity contribution in [3.8, 4) is 5.69 Å². The highest BCUT2D eigenvalue weighted by Crippen LogP contribution is 2.19. The van der Waals surface area contributed by atoms with Crippen molar-refractivity contribution in [1.29, 1.82) is 0 Å². The van der Waals surface area contributed by atoms with Crippen LogP contribution < -0.4 is 10.2 Å². The molecule has 0 radical (unpaired) electrons. The molecule has 0 bridgehead atoms. The third kappa shape index (κ3) is 4.21. The molecule has 1 N–H and O–H groups in total. The molecule has 1 amide bonds. The summed E-state index contributed by atoms with van der Waals surface area (Å²) in [5.74, 6) is 1.60. The largest absolute Gasteiger partial charge is 0.354 e. The highest BCUT2D eigenvalue weighted by Gasteiger charge is 2.23. The third-order valence-corrected chi connectivity index (χ3v) is 4.93. The first-order chi connectivity index (χ1) is 14.1. The van der Waals surface area contributed by atoms with Gasteiger partial charge in [-0.1, -0.05) is 6.07 Å². The number of rotatable bonds is 5. The average Bonchev–Trinajstić information content (AvgIpc) is 3.28. The van der Waals surface area contributed by atoms with Gasteiger partial charge in [-0.3, -0.25) is 4.79 Å². The smallest absolute Gasteiger partial charge is 0.254 e. The number of aryl methyl sites for hydroxylation is 1. The summed E-state index contributed by atoms with van der Waals surface area (Å²) < 4.78 is 1.76. The second kappa shape index (κ2) is 8.30. The van der Waals surface area contributed by atoms with E-state index in [1.807, 2.05) is 61.3 Å². The quantitative estimate of drug-likeness (QED) is 0.719. The standard InChI is InChI=1S/C21H25N7O/c1-3-22-21-24-16(2)14-19(25-21)26-10-12-27(13-11-26)20(29)17-6-4-7-18(15-17)28-9-5-8-23-28/h4-9,14-15H,3,10-13H2,1-2H3,(H,22,24,25). The van der Waals surface area contributed by atoms with Gasteiger partial charge in [0, 0.05) is 62.4 Å². The second-order valence-corrected chi connectivity index (χ2v) is 7.00. The first kappa shape index (κ1) is 18.9. The maximum atomic E-state index is 13.0. The van der Waals surface area contributed by atoms with Gasteiger partial charge < -0.3 is 15.1 Å². The molecule has 0 saturated carbocycles. The van der Waals surface area contributed by atoms with Crippen LogP contribution in [0.2, 0.25) is 0 Å². The van der Waals surface area contributed by atoms with E-state index in [4.69, 9.17) is 0 Å². The van der Waals surface area contributed by atoms with Crippen molar-refractivity contribution in [2.75, 3.05) is 42.9 Å². The minimum atomic E-state index is 0.0471. The summed E-state index contributed by atoms with van der Waals surface area (Å²) >= 11 is 0. The first-order valence-corrected chi connectivity index (χ1v) is 9.88. The Labute approximate surface area is 170 Å². The van der Waals surface area contributed by atoms with Gasteiger partial charge in [-0.15, -0.1) is 0 Å². The van der Waals surface area contributed by atoms with Crippen LogP contribution in [-0.4, -0.2) is 63.3 Å². The summed E-state index contributed by atoms with van der Waals surface area (Å²) in [5.41, 5.74) is 2.49. The number of amides is 1. The van der Waals surface area contributed by atoms with Crippen LogP contribution in [0, 0.1) is 6.92 Å². The molecule has 0 aliphatic carbocycles. The lowest BCUT2D eigenvalue weighted by atomic mass is 10.1. The number of carbonyl (C=O) groups excluding carboxylic acids is 1. The topological polar surface area (TPSA) is 79.2 Å². The summed E-state index contributed by atoms with van der Waals surface area (Å²) in [6, 6.07) is 11.4. The fraction of sp³-hybridized carbons (Fsp3) is 0.333. The number of aromatic nitrogens is 4. The molecule has 0 spiro atoms. The van der Waals surface area contributed by atoms with Crippen molar-refractivity contribution < 1.29 is 4.79 Å². The molecular weight excluding hydrogens is 366 g/mol. The van der Waals surface area contributed by atoms with Crippen LogP contribution in [0.3, 0.4) is 0 Å². The zero-order valence-corrected chi connectivity index (χ0v) is 16.7. The van der Waals surface area contributed by atoms with E-state index >= 15 is 0 Å². The first-order valence-electron chi connectivity index (χ1n) is 9.88. The van der Waals surface area contributed by atoms with Gasteiger partial charge >= 0.3 is 0 Å². The Kier molecular flexibility index (Phi) is 5.41. The summed E-state index contributed by atoms with van der Waals surface area (Å²) in [6.45, 7) is 7.58. The molecule has 0 atom stereocenters. The van der Waals surface area contributed by atoms with Gasteiger partial charge in [0.1, 0.15) is 5.82 Å². The van der Waals surface area contributed by atoms with Gasteiger partial charge in [-0.25, -0.2) is 9.67 Å². The van der Waals surface area contributed by atoms with Crippen molar-refractivity contribution >= 4 is 17.7 Å². The Bertz CT molecular complexity index is 978. The monoisotopic (exact) mass is 391 g/mol. The molecule has 1 aliphatic heterocycles. The van der Waals surface area contributed by atoms with E-state index in [2.05, 4.69) is 25.3 Å². The Balaban J connectivity index is 1.43. The number of nitrogens with one attached hydrogen (secondary N) is 1. The Morgan fingerprint density at radius 2 is 1.93 bits per heavy atom. The van der Waals surface area contributed by atoms with E-state index in [-0.39, 0.29) is 5.91 Å². The molecule has 1 aromatic carbocycles. The van der Waals surface area contributed by atoms with Crippen molar-refractivity contribution in [1.82, 2.24) is 24.6 Å². The summed E-state index contributed by atoms with van der Waals surface area (Å²) in [7, 11) is 0. The zero-order chi connectivity index (χ0) is 20.2. The molecule has 1 saturated heterocycles. The number of anilines is 2. The molecule has 8 heteroatoms. The maximum Gasteiger partial charge on any atom is 0.254 e.